The third kappa shape index (κ3) is 2.07. The maximum atomic E-state index is 12.6. The molecule has 22 heavy (non-hydrogen) atoms. The third-order valence-corrected chi connectivity index (χ3v) is 3.45. The van der Waals surface area contributed by atoms with Gasteiger partial charge in [0.15, 0.2) is 0 Å². The molecule has 0 radical (unpaired) electrons. The first kappa shape index (κ1) is 14.0. The summed E-state index contributed by atoms with van der Waals surface area (Å²) >= 11 is 0. The molecule has 0 saturated heterocycles. The van der Waals surface area contributed by atoms with Crippen molar-refractivity contribution < 1.29 is 18.4 Å². The lowest BCUT2D eigenvalue weighted by Gasteiger charge is -2.08. The summed E-state index contributed by atoms with van der Waals surface area (Å²) in [7, 11) is 0. The fourth-order valence-corrected chi connectivity index (χ4v) is 2.42. The van der Waals surface area contributed by atoms with E-state index in [4.69, 9.17) is 0 Å². The molecule has 0 saturated carbocycles. The highest BCUT2D eigenvalue weighted by molar-refractivity contribution is 5.94. The van der Waals surface area contributed by atoms with E-state index in [0.717, 1.165) is 16.9 Å². The van der Waals surface area contributed by atoms with Crippen molar-refractivity contribution >= 4 is 10.9 Å². The van der Waals surface area contributed by atoms with E-state index in [9.17, 15) is 23.6 Å². The monoisotopic (exact) mass is 302 g/mol. The van der Waals surface area contributed by atoms with Crippen LogP contribution in [0.3, 0.4) is 0 Å². The van der Waals surface area contributed by atoms with Crippen LogP contribution in [0.5, 0.6) is 0 Å². The Labute approximate surface area is 123 Å². The Balaban J connectivity index is 2.23. The molecule has 3 aromatic rings. The lowest BCUT2D eigenvalue weighted by atomic mass is 10.0. The molecule has 1 N–H and O–H groups in total. The second kappa shape index (κ2) is 4.81. The van der Waals surface area contributed by atoms with Crippen LogP contribution in [0.1, 0.15) is 11.1 Å². The molecule has 0 bridgehead atoms. The van der Waals surface area contributed by atoms with E-state index >= 15 is 0 Å². The molecule has 110 valence electrons. The number of aromatic nitrogens is 1. The molecule has 0 aliphatic rings. The minimum absolute atomic E-state index is 0.178. The minimum Gasteiger partial charge on any atom is -0.428 e. The fraction of sp³-hybridized carbons (Fsp3) is 0.0625. The Morgan fingerprint density at radius 1 is 1.00 bits per heavy atom. The highest BCUT2D eigenvalue weighted by atomic mass is 19.4. The van der Waals surface area contributed by atoms with Gasteiger partial charge < -0.3 is 5.21 Å². The molecular formula is C16H9F3N2O. The summed E-state index contributed by atoms with van der Waals surface area (Å²) in [5.74, 6) is 0. The van der Waals surface area contributed by atoms with Crippen molar-refractivity contribution in [3.05, 3.63) is 59.7 Å². The quantitative estimate of drug-likeness (QED) is 0.676. The van der Waals surface area contributed by atoms with Crippen molar-refractivity contribution in [3.8, 4) is 17.3 Å². The molecule has 0 spiro atoms. The zero-order valence-corrected chi connectivity index (χ0v) is 11.1. The number of nitriles is 1. The second-order valence-electron chi connectivity index (χ2n) is 4.74. The number of hydrogen-bond acceptors (Lipinski definition) is 2. The summed E-state index contributed by atoms with van der Waals surface area (Å²) in [6.07, 6.45) is -4.43. The van der Waals surface area contributed by atoms with Crippen LogP contribution in [0.2, 0.25) is 0 Å². The standard InChI is InChI=1S/C16H9F3N2O/c17-16(18,19)11-7-5-10(6-8-11)15-13(9-20)12-3-1-2-4-14(12)21(15)22/h1-8,22H. The van der Waals surface area contributed by atoms with Gasteiger partial charge in [0.1, 0.15) is 11.8 Å². The maximum absolute atomic E-state index is 12.6. The van der Waals surface area contributed by atoms with E-state index in [1.165, 1.54) is 12.1 Å². The zero-order valence-electron chi connectivity index (χ0n) is 11.1. The molecule has 0 aliphatic heterocycles. The van der Waals surface area contributed by atoms with E-state index in [1.807, 2.05) is 6.07 Å². The molecule has 2 aromatic carbocycles. The van der Waals surface area contributed by atoms with Gasteiger partial charge in [0.25, 0.3) is 0 Å². The van der Waals surface area contributed by atoms with Gasteiger partial charge in [-0.1, -0.05) is 30.3 Å². The Bertz CT molecular complexity index is 887. The maximum Gasteiger partial charge on any atom is 0.416 e. The largest absolute Gasteiger partial charge is 0.428 e. The summed E-state index contributed by atoms with van der Waals surface area (Å²) in [5, 5.41) is 20.1. The van der Waals surface area contributed by atoms with E-state index in [2.05, 4.69) is 0 Å². The molecular weight excluding hydrogens is 293 g/mol. The Morgan fingerprint density at radius 3 is 2.23 bits per heavy atom. The number of para-hydroxylation sites is 1. The van der Waals surface area contributed by atoms with Crippen LogP contribution in [-0.4, -0.2) is 9.94 Å². The Hall–Kier alpha value is -2.94. The van der Waals surface area contributed by atoms with E-state index < -0.39 is 11.7 Å². The van der Waals surface area contributed by atoms with Gasteiger partial charge in [0.05, 0.1) is 16.6 Å². The average Bonchev–Trinajstić information content (AvgIpc) is 2.79. The molecule has 1 heterocycles. The van der Waals surface area contributed by atoms with Gasteiger partial charge in [0.2, 0.25) is 0 Å². The van der Waals surface area contributed by atoms with Crippen molar-refractivity contribution in [3.63, 3.8) is 0 Å². The normalized spacial score (nSPS) is 11.5. The van der Waals surface area contributed by atoms with Crippen molar-refractivity contribution in [2.24, 2.45) is 0 Å². The third-order valence-electron chi connectivity index (χ3n) is 3.45. The van der Waals surface area contributed by atoms with Crippen LogP contribution in [0.15, 0.2) is 48.5 Å². The number of alkyl halides is 3. The van der Waals surface area contributed by atoms with Crippen LogP contribution in [0, 0.1) is 11.3 Å². The number of nitrogens with zero attached hydrogens (tertiary/aromatic N) is 2. The van der Waals surface area contributed by atoms with Crippen molar-refractivity contribution in [1.82, 2.24) is 4.73 Å². The summed E-state index contributed by atoms with van der Waals surface area (Å²) in [4.78, 5) is 0. The van der Waals surface area contributed by atoms with Crippen LogP contribution >= 0.6 is 0 Å². The Kier molecular flexibility index (Phi) is 3.06. The van der Waals surface area contributed by atoms with Crippen LogP contribution in [0.25, 0.3) is 22.2 Å². The smallest absolute Gasteiger partial charge is 0.416 e. The van der Waals surface area contributed by atoms with E-state index in [-0.39, 0.29) is 11.3 Å². The van der Waals surface area contributed by atoms with E-state index in [0.29, 0.717) is 16.5 Å². The molecule has 3 rings (SSSR count). The molecule has 0 amide bonds. The van der Waals surface area contributed by atoms with Gasteiger partial charge in [-0.25, -0.2) is 0 Å². The van der Waals surface area contributed by atoms with Gasteiger partial charge in [-0.2, -0.15) is 23.2 Å². The topological polar surface area (TPSA) is 49.0 Å². The first-order chi connectivity index (χ1) is 10.4. The zero-order chi connectivity index (χ0) is 15.9. The lowest BCUT2D eigenvalue weighted by molar-refractivity contribution is -0.137. The molecule has 0 fully saturated rings. The minimum atomic E-state index is -4.43. The summed E-state index contributed by atoms with van der Waals surface area (Å²) in [6, 6.07) is 13.1. The molecule has 1 aromatic heterocycles. The first-order valence-electron chi connectivity index (χ1n) is 6.34. The fourth-order valence-electron chi connectivity index (χ4n) is 2.42. The number of rotatable bonds is 1. The number of halogens is 3. The van der Waals surface area contributed by atoms with Crippen molar-refractivity contribution in [2.75, 3.05) is 0 Å². The second-order valence-corrected chi connectivity index (χ2v) is 4.74. The number of fused-ring (bicyclic) bond motifs is 1. The highest BCUT2D eigenvalue weighted by Crippen LogP contribution is 2.34. The molecule has 0 aliphatic carbocycles. The summed E-state index contributed by atoms with van der Waals surface area (Å²) in [5.41, 5.74) is 0.378. The van der Waals surface area contributed by atoms with E-state index in [1.54, 1.807) is 24.3 Å². The van der Waals surface area contributed by atoms with Crippen molar-refractivity contribution in [2.45, 2.75) is 6.18 Å². The van der Waals surface area contributed by atoms with Gasteiger partial charge in [-0.3, -0.25) is 0 Å². The lowest BCUT2D eigenvalue weighted by Crippen LogP contribution is -2.04. The van der Waals surface area contributed by atoms with Crippen LogP contribution < -0.4 is 0 Å². The molecule has 3 nitrogen and oxygen atoms in total. The summed E-state index contributed by atoms with van der Waals surface area (Å²) < 4.78 is 38.7. The number of benzene rings is 2. The molecule has 0 atom stereocenters. The molecule has 6 heteroatoms. The first-order valence-corrected chi connectivity index (χ1v) is 6.34. The van der Waals surface area contributed by atoms with Gasteiger partial charge >= 0.3 is 6.18 Å². The Morgan fingerprint density at radius 2 is 1.64 bits per heavy atom. The average molecular weight is 302 g/mol. The van der Waals surface area contributed by atoms with Gasteiger partial charge in [-0.15, -0.1) is 0 Å². The predicted octanol–water partition coefficient (Wildman–Crippen LogP) is 4.44. The van der Waals surface area contributed by atoms with Crippen molar-refractivity contribution in [1.29, 1.82) is 5.26 Å². The van der Waals surface area contributed by atoms with Gasteiger partial charge in [0, 0.05) is 10.9 Å². The van der Waals surface area contributed by atoms with Crippen LogP contribution in [0.4, 0.5) is 13.2 Å². The number of hydrogen-bond donors (Lipinski definition) is 1. The van der Waals surface area contributed by atoms with Crippen LogP contribution in [-0.2, 0) is 6.18 Å². The van der Waals surface area contributed by atoms with Gasteiger partial charge in [-0.05, 0) is 18.2 Å². The predicted molar refractivity (Wildman–Crippen MR) is 74.3 cm³/mol. The highest BCUT2D eigenvalue weighted by Gasteiger charge is 2.30. The summed E-state index contributed by atoms with van der Waals surface area (Å²) in [6.45, 7) is 0. The SMILES string of the molecule is N#Cc1c(-c2ccc(C(F)(F)F)cc2)n(O)c2ccccc12. The molecule has 0 unspecified atom stereocenters.